The van der Waals surface area contributed by atoms with Gasteiger partial charge in [-0.2, -0.15) is 0 Å². The van der Waals surface area contributed by atoms with Crippen LogP contribution in [-0.4, -0.2) is 36.0 Å². The van der Waals surface area contributed by atoms with E-state index in [2.05, 4.69) is 17.3 Å². The lowest BCUT2D eigenvalue weighted by Gasteiger charge is -2.15. The SMILES string of the molecule is CN(CCNCc1cc([N+](=O)[O-])ccc1Cl)C1CC1. The minimum absolute atomic E-state index is 0.0799. The molecule has 19 heavy (non-hydrogen) atoms. The van der Waals surface area contributed by atoms with Gasteiger partial charge in [-0.3, -0.25) is 10.1 Å². The highest BCUT2D eigenvalue weighted by Crippen LogP contribution is 2.24. The third-order valence-corrected chi connectivity index (χ3v) is 3.74. The first-order valence-electron chi connectivity index (χ1n) is 6.41. The minimum atomic E-state index is -0.402. The minimum Gasteiger partial charge on any atom is -0.311 e. The number of halogens is 1. The quantitative estimate of drug-likeness (QED) is 0.474. The van der Waals surface area contributed by atoms with Gasteiger partial charge in [0.2, 0.25) is 0 Å². The van der Waals surface area contributed by atoms with Gasteiger partial charge in [0.25, 0.3) is 5.69 Å². The van der Waals surface area contributed by atoms with Gasteiger partial charge in [0.15, 0.2) is 0 Å². The van der Waals surface area contributed by atoms with Crippen LogP contribution in [0.4, 0.5) is 5.69 Å². The van der Waals surface area contributed by atoms with E-state index < -0.39 is 4.92 Å². The van der Waals surface area contributed by atoms with Crippen molar-refractivity contribution in [2.75, 3.05) is 20.1 Å². The first kappa shape index (κ1) is 14.2. The van der Waals surface area contributed by atoms with E-state index >= 15 is 0 Å². The Balaban J connectivity index is 1.81. The van der Waals surface area contributed by atoms with Gasteiger partial charge in [0.05, 0.1) is 4.92 Å². The van der Waals surface area contributed by atoms with E-state index in [-0.39, 0.29) is 5.69 Å². The summed E-state index contributed by atoms with van der Waals surface area (Å²) in [4.78, 5) is 12.6. The summed E-state index contributed by atoms with van der Waals surface area (Å²) in [6, 6.07) is 5.28. The Morgan fingerprint density at radius 2 is 2.26 bits per heavy atom. The number of hydrogen-bond donors (Lipinski definition) is 1. The van der Waals surface area contributed by atoms with E-state index in [9.17, 15) is 10.1 Å². The lowest BCUT2D eigenvalue weighted by molar-refractivity contribution is -0.384. The van der Waals surface area contributed by atoms with E-state index in [1.807, 2.05) is 0 Å². The smallest absolute Gasteiger partial charge is 0.269 e. The molecular formula is C13H18ClN3O2. The van der Waals surface area contributed by atoms with E-state index in [0.29, 0.717) is 11.6 Å². The van der Waals surface area contributed by atoms with Gasteiger partial charge in [-0.1, -0.05) is 11.6 Å². The molecule has 0 heterocycles. The van der Waals surface area contributed by atoms with E-state index in [1.54, 1.807) is 6.07 Å². The zero-order valence-corrected chi connectivity index (χ0v) is 11.7. The van der Waals surface area contributed by atoms with Crippen LogP contribution in [0.25, 0.3) is 0 Å². The van der Waals surface area contributed by atoms with Crippen LogP contribution in [-0.2, 0) is 6.54 Å². The molecule has 1 aliphatic carbocycles. The van der Waals surface area contributed by atoms with Gasteiger partial charge >= 0.3 is 0 Å². The number of rotatable bonds is 7. The van der Waals surface area contributed by atoms with Crippen LogP contribution in [0.1, 0.15) is 18.4 Å². The molecule has 0 unspecified atom stereocenters. The van der Waals surface area contributed by atoms with E-state index in [0.717, 1.165) is 24.7 Å². The Kier molecular flexibility index (Phi) is 4.74. The highest BCUT2D eigenvalue weighted by atomic mass is 35.5. The number of nitro groups is 1. The molecule has 0 amide bonds. The second-order valence-electron chi connectivity index (χ2n) is 4.92. The molecule has 0 bridgehead atoms. The van der Waals surface area contributed by atoms with Crippen molar-refractivity contribution in [3.05, 3.63) is 38.9 Å². The van der Waals surface area contributed by atoms with Crippen LogP contribution in [0.3, 0.4) is 0 Å². The van der Waals surface area contributed by atoms with Crippen molar-refractivity contribution in [1.82, 2.24) is 10.2 Å². The average Bonchev–Trinajstić information content (AvgIpc) is 3.20. The number of likely N-dealkylation sites (N-methyl/N-ethyl adjacent to an activating group) is 1. The van der Waals surface area contributed by atoms with Crippen molar-refractivity contribution in [2.45, 2.75) is 25.4 Å². The third-order valence-electron chi connectivity index (χ3n) is 3.37. The van der Waals surface area contributed by atoms with Gasteiger partial charge in [-0.25, -0.2) is 0 Å². The lowest BCUT2D eigenvalue weighted by Crippen LogP contribution is -2.30. The molecule has 104 valence electrons. The fraction of sp³-hybridized carbons (Fsp3) is 0.538. The van der Waals surface area contributed by atoms with Gasteiger partial charge in [-0.15, -0.1) is 0 Å². The standard InChI is InChI=1S/C13H18ClN3O2/c1-16(11-2-3-11)7-6-15-9-10-8-12(17(18)19)4-5-13(10)14/h4-5,8,11,15H,2-3,6-7,9H2,1H3. The number of benzene rings is 1. The Labute approximate surface area is 117 Å². The largest absolute Gasteiger partial charge is 0.311 e. The van der Waals surface area contributed by atoms with E-state index in [1.165, 1.54) is 25.0 Å². The van der Waals surface area contributed by atoms with Crippen molar-refractivity contribution in [3.8, 4) is 0 Å². The molecule has 2 rings (SSSR count). The monoisotopic (exact) mass is 283 g/mol. The van der Waals surface area contributed by atoms with Crippen LogP contribution >= 0.6 is 11.6 Å². The number of nitrogens with one attached hydrogen (secondary N) is 1. The molecule has 0 saturated heterocycles. The predicted molar refractivity (Wildman–Crippen MR) is 75.5 cm³/mol. The number of non-ortho nitro benzene ring substituents is 1. The second kappa shape index (κ2) is 6.32. The van der Waals surface area contributed by atoms with Crippen LogP contribution in [0.5, 0.6) is 0 Å². The number of nitro benzene ring substituents is 1. The summed E-state index contributed by atoms with van der Waals surface area (Å²) in [6.45, 7) is 2.39. The molecule has 1 fully saturated rings. The molecule has 1 N–H and O–H groups in total. The van der Waals surface area contributed by atoms with Gasteiger partial charge < -0.3 is 10.2 Å². The van der Waals surface area contributed by atoms with Gasteiger partial charge in [-0.05, 0) is 31.5 Å². The van der Waals surface area contributed by atoms with Crippen molar-refractivity contribution in [1.29, 1.82) is 0 Å². The summed E-state index contributed by atoms with van der Waals surface area (Å²) in [6.07, 6.45) is 2.60. The van der Waals surface area contributed by atoms with Crippen LogP contribution < -0.4 is 5.32 Å². The normalized spacial score (nSPS) is 14.9. The topological polar surface area (TPSA) is 58.4 Å². The lowest BCUT2D eigenvalue weighted by atomic mass is 10.2. The van der Waals surface area contributed by atoms with Crippen molar-refractivity contribution < 1.29 is 4.92 Å². The Morgan fingerprint density at radius 1 is 1.53 bits per heavy atom. The summed E-state index contributed by atoms with van der Waals surface area (Å²) in [5, 5.41) is 14.5. The Hall–Kier alpha value is -1.17. The first-order chi connectivity index (χ1) is 9.08. The van der Waals surface area contributed by atoms with Gasteiger partial charge in [0.1, 0.15) is 0 Å². The fourth-order valence-electron chi connectivity index (χ4n) is 1.99. The summed E-state index contributed by atoms with van der Waals surface area (Å²) in [5.41, 5.74) is 0.848. The fourth-order valence-corrected chi connectivity index (χ4v) is 2.17. The zero-order chi connectivity index (χ0) is 13.8. The summed E-state index contributed by atoms with van der Waals surface area (Å²) >= 11 is 6.03. The number of nitrogens with zero attached hydrogens (tertiary/aromatic N) is 2. The average molecular weight is 284 g/mol. The Morgan fingerprint density at radius 3 is 2.89 bits per heavy atom. The molecule has 6 heteroatoms. The molecular weight excluding hydrogens is 266 g/mol. The molecule has 0 spiro atoms. The third kappa shape index (κ3) is 4.16. The zero-order valence-electron chi connectivity index (χ0n) is 10.9. The molecule has 5 nitrogen and oxygen atoms in total. The molecule has 1 aliphatic rings. The molecule has 0 atom stereocenters. The predicted octanol–water partition coefficient (Wildman–Crippen LogP) is 2.43. The maximum atomic E-state index is 10.7. The molecule has 1 aromatic carbocycles. The van der Waals surface area contributed by atoms with Crippen LogP contribution in [0.15, 0.2) is 18.2 Å². The van der Waals surface area contributed by atoms with Crippen molar-refractivity contribution in [3.63, 3.8) is 0 Å². The summed E-state index contributed by atoms with van der Waals surface area (Å²) in [7, 11) is 2.12. The van der Waals surface area contributed by atoms with Crippen LogP contribution in [0, 0.1) is 10.1 Å². The summed E-state index contributed by atoms with van der Waals surface area (Å²) in [5.74, 6) is 0. The maximum Gasteiger partial charge on any atom is 0.269 e. The molecule has 1 aromatic rings. The van der Waals surface area contributed by atoms with E-state index in [4.69, 9.17) is 11.6 Å². The molecule has 0 aromatic heterocycles. The highest BCUT2D eigenvalue weighted by Gasteiger charge is 2.25. The first-order valence-corrected chi connectivity index (χ1v) is 6.79. The van der Waals surface area contributed by atoms with Crippen molar-refractivity contribution in [2.24, 2.45) is 0 Å². The second-order valence-corrected chi connectivity index (χ2v) is 5.33. The van der Waals surface area contributed by atoms with Gasteiger partial charge in [0, 0.05) is 42.8 Å². The molecule has 1 saturated carbocycles. The van der Waals surface area contributed by atoms with Crippen molar-refractivity contribution >= 4 is 17.3 Å². The highest BCUT2D eigenvalue weighted by molar-refractivity contribution is 6.31. The molecule has 0 aliphatic heterocycles. The maximum absolute atomic E-state index is 10.7. The Bertz CT molecular complexity index is 463. The molecule has 0 radical (unpaired) electrons. The van der Waals surface area contributed by atoms with Crippen LogP contribution in [0.2, 0.25) is 5.02 Å². The summed E-state index contributed by atoms with van der Waals surface area (Å²) < 4.78 is 0. The number of hydrogen-bond acceptors (Lipinski definition) is 4.